The van der Waals surface area contributed by atoms with E-state index in [1.807, 2.05) is 85.0 Å². The molecule has 0 spiro atoms. The molecule has 0 bridgehead atoms. The van der Waals surface area contributed by atoms with Crippen molar-refractivity contribution >= 4 is 33.2 Å². The van der Waals surface area contributed by atoms with Crippen LogP contribution in [-0.2, 0) is 0 Å². The minimum absolute atomic E-state index is 0.00339. The van der Waals surface area contributed by atoms with Crippen molar-refractivity contribution in [3.63, 3.8) is 0 Å². The first kappa shape index (κ1) is 18.3. The molecule has 0 saturated carbocycles. The van der Waals surface area contributed by atoms with Crippen LogP contribution in [0, 0.1) is 5.92 Å². The van der Waals surface area contributed by atoms with Gasteiger partial charge in [-0.2, -0.15) is 0 Å². The van der Waals surface area contributed by atoms with Gasteiger partial charge in [-0.1, -0.05) is 170 Å². The molecule has 0 saturated heterocycles. The van der Waals surface area contributed by atoms with Gasteiger partial charge in [0.15, 0.2) is 0 Å². The van der Waals surface area contributed by atoms with Gasteiger partial charge in [-0.05, 0) is 77.2 Å². The largest absolute Gasteiger partial charge is 0.0760 e. The molecule has 206 valence electrons. The van der Waals surface area contributed by atoms with Crippen LogP contribution in [0.15, 0.2) is 175 Å². The molecule has 6 aromatic carbocycles. The molecule has 6 aromatic rings. The summed E-state index contributed by atoms with van der Waals surface area (Å²) in [6, 6.07) is 23.1. The Hall–Kier alpha value is -5.46. The number of rotatable bonds is 3. The van der Waals surface area contributed by atoms with Gasteiger partial charge in [-0.25, -0.2) is 0 Å². The molecule has 3 aliphatic rings. The average molecular weight is 567 g/mol. The van der Waals surface area contributed by atoms with E-state index < -0.39 is 24.2 Å². The fraction of sp³-hybridized carbons (Fsp3) is 0.0455. The van der Waals surface area contributed by atoms with Crippen LogP contribution < -0.4 is 0 Å². The lowest BCUT2D eigenvalue weighted by atomic mass is 9.66. The molecule has 2 atom stereocenters. The first-order valence-electron chi connectivity index (χ1n) is 18.9. The van der Waals surface area contributed by atoms with E-state index in [1.165, 1.54) is 5.56 Å². The number of hydrogen-bond donors (Lipinski definition) is 0. The van der Waals surface area contributed by atoms with E-state index in [9.17, 15) is 5.48 Å². The minimum Gasteiger partial charge on any atom is -0.0760 e. The van der Waals surface area contributed by atoms with Gasteiger partial charge < -0.3 is 0 Å². The summed E-state index contributed by atoms with van der Waals surface area (Å²) in [7, 11) is 0. The molecule has 2 unspecified atom stereocenters. The normalized spacial score (nSPS) is 20.8. The lowest BCUT2D eigenvalue weighted by Crippen LogP contribution is -2.22. The van der Waals surface area contributed by atoms with Crippen LogP contribution in [0.5, 0.6) is 0 Å². The molecule has 0 heteroatoms. The zero-order chi connectivity index (χ0) is 36.0. The summed E-state index contributed by atoms with van der Waals surface area (Å²) in [4.78, 5) is 0. The first-order valence-corrected chi connectivity index (χ1v) is 14.9. The second kappa shape index (κ2) is 10.1. The van der Waals surface area contributed by atoms with Gasteiger partial charge >= 0.3 is 0 Å². The molecule has 0 amide bonds. The van der Waals surface area contributed by atoms with Gasteiger partial charge in [0.2, 0.25) is 0 Å². The molecule has 0 fully saturated rings. The van der Waals surface area contributed by atoms with Crippen molar-refractivity contribution in [3.05, 3.63) is 191 Å². The Bertz CT molecular complexity index is 2620. The van der Waals surface area contributed by atoms with Crippen molar-refractivity contribution in [1.29, 1.82) is 0 Å². The monoisotopic (exact) mass is 566 g/mol. The van der Waals surface area contributed by atoms with Gasteiger partial charge in [0, 0.05) is 11.8 Å². The lowest BCUT2D eigenvalue weighted by molar-refractivity contribution is 0.648. The molecule has 44 heavy (non-hydrogen) atoms. The molecule has 0 N–H and O–H groups in total. The Labute approximate surface area is 269 Å². The fourth-order valence-corrected chi connectivity index (χ4v) is 7.18. The minimum atomic E-state index is -0.407. The SMILES string of the molecule is [2H]c1c([2H])c([2H])c2c(-c3ccc(-c4ccccc4)cc3)c3c([2H])c([2H])c([2H])c([2H])c3c(C3=C4C=CC=CC4C4C(=C3)C=Cc3ccccc34)c2c1[2H]. The van der Waals surface area contributed by atoms with Crippen LogP contribution in [-0.4, -0.2) is 0 Å². The van der Waals surface area contributed by atoms with Gasteiger partial charge in [-0.15, -0.1) is 0 Å². The maximum absolute atomic E-state index is 9.42. The molecule has 0 aliphatic heterocycles. The number of benzene rings is 6. The van der Waals surface area contributed by atoms with Crippen molar-refractivity contribution in [2.45, 2.75) is 5.92 Å². The van der Waals surface area contributed by atoms with E-state index in [0.29, 0.717) is 22.3 Å². The van der Waals surface area contributed by atoms with E-state index >= 15 is 0 Å². The highest BCUT2D eigenvalue weighted by atomic mass is 14.4. The summed E-state index contributed by atoms with van der Waals surface area (Å²) < 4.78 is 72.9. The first-order chi connectivity index (χ1) is 25.2. The Kier molecular flexibility index (Phi) is 4.18. The van der Waals surface area contributed by atoms with Crippen LogP contribution in [0.2, 0.25) is 0 Å². The number of hydrogen-bond acceptors (Lipinski definition) is 0. The van der Waals surface area contributed by atoms with Gasteiger partial charge in [-0.3, -0.25) is 0 Å². The van der Waals surface area contributed by atoms with Gasteiger partial charge in [0.05, 0.1) is 11.0 Å². The molecular weight excluding hydrogens is 528 g/mol. The maximum atomic E-state index is 9.42. The molecule has 9 rings (SSSR count). The topological polar surface area (TPSA) is 0 Å². The second-order valence-electron chi connectivity index (χ2n) is 11.4. The Morgan fingerprint density at radius 2 is 1.14 bits per heavy atom. The van der Waals surface area contributed by atoms with E-state index in [2.05, 4.69) is 36.4 Å². The predicted molar refractivity (Wildman–Crippen MR) is 187 cm³/mol. The third kappa shape index (κ3) is 3.85. The van der Waals surface area contributed by atoms with Crippen LogP contribution >= 0.6 is 0 Å². The van der Waals surface area contributed by atoms with Crippen LogP contribution in [0.4, 0.5) is 0 Å². The lowest BCUT2D eigenvalue weighted by Gasteiger charge is -2.37. The number of fused-ring (bicyclic) bond motifs is 7. The summed E-state index contributed by atoms with van der Waals surface area (Å²) in [5.74, 6) is -0.115. The summed E-state index contributed by atoms with van der Waals surface area (Å²) in [6.45, 7) is 0. The summed E-state index contributed by atoms with van der Waals surface area (Å²) in [6.07, 6.45) is 14.4. The van der Waals surface area contributed by atoms with Gasteiger partial charge in [0.25, 0.3) is 0 Å². The van der Waals surface area contributed by atoms with E-state index in [-0.39, 0.29) is 57.6 Å². The Balaban J connectivity index is 1.46. The Morgan fingerprint density at radius 1 is 0.523 bits per heavy atom. The molecule has 0 radical (unpaired) electrons. The summed E-state index contributed by atoms with van der Waals surface area (Å²) in [5.41, 5.74) is 8.20. The molecule has 0 aromatic heterocycles. The van der Waals surface area contributed by atoms with Crippen molar-refractivity contribution in [3.8, 4) is 22.3 Å². The Morgan fingerprint density at radius 3 is 1.86 bits per heavy atom. The van der Waals surface area contributed by atoms with E-state index in [1.54, 1.807) is 0 Å². The van der Waals surface area contributed by atoms with Crippen molar-refractivity contribution in [1.82, 2.24) is 0 Å². The zero-order valence-corrected chi connectivity index (χ0v) is 23.7. The summed E-state index contributed by atoms with van der Waals surface area (Å²) >= 11 is 0. The highest BCUT2D eigenvalue weighted by Crippen LogP contribution is 2.52. The standard InChI is InChI=1S/C44H30/c1-2-12-29(13-3-1)30-22-25-32(26-23-30)42-37-18-8-10-20-39(37)44(40-21-11-9-19-38(40)42)41-28-33-27-24-31-14-4-5-15-34(31)43(33)36-17-7-6-16-35(36)41/h1-28,36,43H/i8D,9D,10D,11D,18D,19D,20D,21D. The number of allylic oxidation sites excluding steroid dienone is 9. The van der Waals surface area contributed by atoms with Crippen LogP contribution in [0.3, 0.4) is 0 Å². The maximum Gasteiger partial charge on any atom is 0.0629 e. The van der Waals surface area contributed by atoms with Crippen molar-refractivity contribution in [2.24, 2.45) is 5.92 Å². The third-order valence-electron chi connectivity index (χ3n) is 9.12. The van der Waals surface area contributed by atoms with Gasteiger partial charge in [0.1, 0.15) is 0 Å². The molecular formula is C44H30. The highest BCUT2D eigenvalue weighted by molar-refractivity contribution is 6.20. The van der Waals surface area contributed by atoms with Crippen molar-refractivity contribution < 1.29 is 11.0 Å². The molecule has 0 nitrogen and oxygen atoms in total. The van der Waals surface area contributed by atoms with Crippen molar-refractivity contribution in [2.75, 3.05) is 0 Å². The quantitative estimate of drug-likeness (QED) is 0.187. The smallest absolute Gasteiger partial charge is 0.0629 e. The fourth-order valence-electron chi connectivity index (χ4n) is 7.18. The second-order valence-corrected chi connectivity index (χ2v) is 11.4. The average Bonchev–Trinajstić information content (AvgIpc) is 3.19. The van der Waals surface area contributed by atoms with Crippen LogP contribution in [0.1, 0.15) is 33.6 Å². The third-order valence-corrected chi connectivity index (χ3v) is 9.12. The molecule has 3 aliphatic carbocycles. The highest BCUT2D eigenvalue weighted by Gasteiger charge is 2.35. The van der Waals surface area contributed by atoms with Crippen LogP contribution in [0.25, 0.3) is 55.4 Å². The summed E-state index contributed by atoms with van der Waals surface area (Å²) in [5, 5.41) is 0.891. The predicted octanol–water partition coefficient (Wildman–Crippen LogP) is 11.6. The van der Waals surface area contributed by atoms with E-state index in [4.69, 9.17) is 5.48 Å². The zero-order valence-electron chi connectivity index (χ0n) is 31.7. The van der Waals surface area contributed by atoms with E-state index in [0.717, 1.165) is 27.8 Å². The molecule has 0 heterocycles.